The summed E-state index contributed by atoms with van der Waals surface area (Å²) in [6.07, 6.45) is -0.0793. The Morgan fingerprint density at radius 3 is 2.26 bits per heavy atom. The number of carbonyl (C=O) groups is 1. The van der Waals surface area contributed by atoms with E-state index >= 15 is 0 Å². The summed E-state index contributed by atoms with van der Waals surface area (Å²) in [5.41, 5.74) is 0. The fraction of sp³-hybridized carbons (Fsp3) is 0.909. The second-order valence-electron chi connectivity index (χ2n) is 5.09. The Kier molecular flexibility index (Phi) is 8.71. The summed E-state index contributed by atoms with van der Waals surface area (Å²) in [5.74, 6) is 0.208. The van der Waals surface area contributed by atoms with Crippen molar-refractivity contribution in [3.05, 3.63) is 0 Å². The van der Waals surface area contributed by atoms with Crippen LogP contribution in [0.25, 0.3) is 0 Å². The van der Waals surface area contributed by atoms with E-state index in [0.29, 0.717) is 0 Å². The minimum absolute atomic E-state index is 0.0266. The van der Waals surface area contributed by atoms with Crippen LogP contribution in [0.2, 0.25) is 0 Å². The van der Waals surface area contributed by atoms with E-state index in [-0.39, 0.29) is 31.4 Å². The normalized spacial score (nSPS) is 31.5. The molecule has 0 aromatic carbocycles. The molecule has 0 aromatic rings. The molecule has 0 amide bonds. The van der Waals surface area contributed by atoms with Crippen molar-refractivity contribution in [1.29, 1.82) is 0 Å². The summed E-state index contributed by atoms with van der Waals surface area (Å²) in [6.45, 7) is 2.45. The Bertz CT molecular complexity index is 453. The second kappa shape index (κ2) is 9.09. The lowest BCUT2D eigenvalue weighted by Gasteiger charge is -2.31. The molecule has 0 aromatic heterocycles. The van der Waals surface area contributed by atoms with Crippen LogP contribution < -0.4 is 0 Å². The summed E-state index contributed by atoms with van der Waals surface area (Å²) >= 11 is 16.4. The molecule has 23 heavy (non-hydrogen) atoms. The molecule has 0 aliphatic carbocycles. The molecule has 1 N–H and O–H groups in total. The van der Waals surface area contributed by atoms with Gasteiger partial charge in [0.05, 0.1) is 13.2 Å². The molecule has 1 fully saturated rings. The Morgan fingerprint density at radius 2 is 1.83 bits per heavy atom. The first-order valence-electron chi connectivity index (χ1n) is 6.64. The minimum Gasteiger partial charge on any atom is -0.381 e. The summed E-state index contributed by atoms with van der Waals surface area (Å²) in [4.78, 5) is 10.8. The number of alkyl halides is 2. The zero-order valence-corrected chi connectivity index (χ0v) is 16.7. The van der Waals surface area contributed by atoms with E-state index in [9.17, 15) is 14.5 Å². The van der Waals surface area contributed by atoms with Gasteiger partial charge in [-0.3, -0.25) is 9.36 Å². The van der Waals surface area contributed by atoms with Crippen molar-refractivity contribution in [2.75, 3.05) is 31.6 Å². The molecule has 1 aliphatic rings. The van der Waals surface area contributed by atoms with Crippen molar-refractivity contribution in [1.82, 2.24) is 0 Å². The second-order valence-corrected chi connectivity index (χ2v) is 10.6. The van der Waals surface area contributed by atoms with Gasteiger partial charge in [0.25, 0.3) is 0 Å². The molecular formula is C11H19Cl3O7P2. The fourth-order valence-electron chi connectivity index (χ4n) is 2.04. The molecule has 12 heteroatoms. The molecule has 1 aliphatic heterocycles. The summed E-state index contributed by atoms with van der Waals surface area (Å²) in [6, 6.07) is 0. The molecule has 136 valence electrons. The molecule has 0 saturated carbocycles. The van der Waals surface area contributed by atoms with E-state index in [1.165, 1.54) is 13.8 Å². The lowest BCUT2D eigenvalue weighted by Crippen LogP contribution is -2.30. The largest absolute Gasteiger partial charge is 0.381 e. The van der Waals surface area contributed by atoms with Crippen LogP contribution >= 0.6 is 50.8 Å². The molecule has 3 unspecified atom stereocenters. The van der Waals surface area contributed by atoms with Gasteiger partial charge in [-0.2, -0.15) is 0 Å². The molecule has 0 bridgehead atoms. The number of hydrogen-bond acceptors (Lipinski definition) is 7. The quantitative estimate of drug-likeness (QED) is 0.321. The maximum absolute atomic E-state index is 13.1. The maximum Gasteiger partial charge on any atom is 0.362 e. The van der Waals surface area contributed by atoms with E-state index in [2.05, 4.69) is 0 Å². The summed E-state index contributed by atoms with van der Waals surface area (Å²) < 4.78 is 34.6. The standard InChI is InChI=1S/C11H19Cl3O7P2/c1-10(16)8-11(2,21-22(10)18-7-9(14)15)23(17,19-5-3-12)20-6-4-13/h16H,3-8H2,1-2H3. The van der Waals surface area contributed by atoms with Crippen molar-refractivity contribution in [2.24, 2.45) is 0 Å². The van der Waals surface area contributed by atoms with Gasteiger partial charge in [-0.25, -0.2) is 0 Å². The fourth-order valence-corrected chi connectivity index (χ4v) is 6.68. The number of hydrogen-bond donors (Lipinski definition) is 1. The van der Waals surface area contributed by atoms with E-state index in [1.54, 1.807) is 0 Å². The van der Waals surface area contributed by atoms with Crippen molar-refractivity contribution in [2.45, 2.75) is 31.0 Å². The lowest BCUT2D eigenvalue weighted by molar-refractivity contribution is -0.113. The Balaban J connectivity index is 2.96. The van der Waals surface area contributed by atoms with Gasteiger partial charge in [-0.1, -0.05) is 0 Å². The zero-order valence-electron chi connectivity index (χ0n) is 12.7. The van der Waals surface area contributed by atoms with Gasteiger partial charge in [0.1, 0.15) is 11.9 Å². The predicted molar refractivity (Wildman–Crippen MR) is 89.4 cm³/mol. The van der Waals surface area contributed by atoms with Gasteiger partial charge in [-0.15, -0.1) is 23.2 Å². The van der Waals surface area contributed by atoms with Crippen molar-refractivity contribution < 1.29 is 32.6 Å². The monoisotopic (exact) mass is 430 g/mol. The van der Waals surface area contributed by atoms with Crippen LogP contribution in [0.15, 0.2) is 0 Å². The average Bonchev–Trinajstić information content (AvgIpc) is 2.71. The molecule has 3 atom stereocenters. The molecular weight excluding hydrogens is 412 g/mol. The van der Waals surface area contributed by atoms with Crippen molar-refractivity contribution >= 4 is 56.0 Å². The van der Waals surface area contributed by atoms with Gasteiger partial charge in [0.15, 0.2) is 5.34 Å². The van der Waals surface area contributed by atoms with E-state index in [0.717, 1.165) is 0 Å². The molecule has 0 spiro atoms. The number of rotatable bonds is 10. The summed E-state index contributed by atoms with van der Waals surface area (Å²) in [5, 5.41) is 6.80. The van der Waals surface area contributed by atoms with Crippen LogP contribution in [-0.2, 0) is 27.5 Å². The minimum atomic E-state index is -3.81. The SMILES string of the molecule is CC1(O)CC(C)(P(=O)(OCCCl)OCCCl)OP1OCC(=O)Cl. The lowest BCUT2D eigenvalue weighted by atomic mass is 10.2. The van der Waals surface area contributed by atoms with Gasteiger partial charge in [0.2, 0.25) is 13.6 Å². The molecule has 1 saturated heterocycles. The molecule has 1 heterocycles. The predicted octanol–water partition coefficient (Wildman–Crippen LogP) is 3.63. The highest BCUT2D eigenvalue weighted by Crippen LogP contribution is 2.74. The van der Waals surface area contributed by atoms with Crippen LogP contribution in [0.4, 0.5) is 0 Å². The molecule has 0 radical (unpaired) electrons. The maximum atomic E-state index is 13.1. The Hall–Kier alpha value is 1.000. The molecule has 1 rings (SSSR count). The van der Waals surface area contributed by atoms with Crippen LogP contribution in [-0.4, -0.2) is 52.6 Å². The first-order chi connectivity index (χ1) is 10.6. The topological polar surface area (TPSA) is 91.3 Å². The molecule has 7 nitrogen and oxygen atoms in total. The van der Waals surface area contributed by atoms with E-state index < -0.39 is 38.5 Å². The van der Waals surface area contributed by atoms with E-state index in [4.69, 9.17) is 52.9 Å². The van der Waals surface area contributed by atoms with Gasteiger partial charge in [-0.05, 0) is 25.4 Å². The van der Waals surface area contributed by atoms with Crippen molar-refractivity contribution in [3.8, 4) is 0 Å². The number of halogens is 3. The highest BCUT2D eigenvalue weighted by molar-refractivity contribution is 7.57. The zero-order chi connectivity index (χ0) is 17.7. The average molecular weight is 432 g/mol. The smallest absolute Gasteiger partial charge is 0.362 e. The first kappa shape index (κ1) is 22.0. The van der Waals surface area contributed by atoms with Crippen LogP contribution in [0, 0.1) is 0 Å². The first-order valence-corrected chi connectivity index (χ1v) is 10.8. The van der Waals surface area contributed by atoms with E-state index in [1.807, 2.05) is 0 Å². The third-order valence-electron chi connectivity index (χ3n) is 2.89. The third-order valence-corrected chi connectivity index (χ3v) is 7.78. The highest BCUT2D eigenvalue weighted by Gasteiger charge is 2.62. The van der Waals surface area contributed by atoms with Gasteiger partial charge >= 0.3 is 7.60 Å². The van der Waals surface area contributed by atoms with Gasteiger partial charge < -0.3 is 23.2 Å². The van der Waals surface area contributed by atoms with Gasteiger partial charge in [0, 0.05) is 18.2 Å². The van der Waals surface area contributed by atoms with Crippen molar-refractivity contribution in [3.63, 3.8) is 0 Å². The summed E-state index contributed by atoms with van der Waals surface area (Å²) in [7, 11) is -5.76. The Morgan fingerprint density at radius 1 is 1.30 bits per heavy atom. The number of carbonyl (C=O) groups excluding carboxylic acids is 1. The highest BCUT2D eigenvalue weighted by atomic mass is 35.5. The van der Waals surface area contributed by atoms with Crippen LogP contribution in [0.3, 0.4) is 0 Å². The van der Waals surface area contributed by atoms with Crippen LogP contribution in [0.5, 0.6) is 0 Å². The number of aliphatic hydroxyl groups is 1. The van der Waals surface area contributed by atoms with Crippen LogP contribution in [0.1, 0.15) is 20.3 Å². The Labute approximate surface area is 151 Å². The third kappa shape index (κ3) is 5.75.